The van der Waals surface area contributed by atoms with Crippen molar-refractivity contribution in [1.29, 1.82) is 0 Å². The van der Waals surface area contributed by atoms with Gasteiger partial charge >= 0.3 is 0 Å². The van der Waals surface area contributed by atoms with Crippen LogP contribution in [-0.4, -0.2) is 38.6 Å². The molecule has 7 heteroatoms. The molecule has 1 saturated heterocycles. The van der Waals surface area contributed by atoms with Gasteiger partial charge in [0.2, 0.25) is 0 Å². The SMILES string of the molecule is OC[C@@H]1O[C@@H](n2cc(Cc3ccccc3)c(=S)[nH]c2=S)C[C@H]1O. The van der Waals surface area contributed by atoms with Crippen molar-refractivity contribution < 1.29 is 14.9 Å². The first-order valence-electron chi connectivity index (χ1n) is 7.41. The maximum absolute atomic E-state index is 9.91. The van der Waals surface area contributed by atoms with Gasteiger partial charge in [0.25, 0.3) is 0 Å². The normalized spacial score (nSPS) is 24.0. The average Bonchev–Trinajstić information content (AvgIpc) is 2.91. The van der Waals surface area contributed by atoms with Gasteiger partial charge in [-0.05, 0) is 17.8 Å². The fraction of sp³-hybridized carbons (Fsp3) is 0.375. The predicted octanol–water partition coefficient (Wildman–Crippen LogP) is 2.51. The zero-order valence-electron chi connectivity index (χ0n) is 12.4. The molecule has 0 saturated carbocycles. The molecule has 1 aliphatic heterocycles. The fourth-order valence-electron chi connectivity index (χ4n) is 2.73. The summed E-state index contributed by atoms with van der Waals surface area (Å²) in [6, 6.07) is 10.0. The van der Waals surface area contributed by atoms with Crippen LogP contribution in [0.25, 0.3) is 0 Å². The number of aliphatic hydroxyl groups is 2. The van der Waals surface area contributed by atoms with Gasteiger partial charge in [0.15, 0.2) is 4.77 Å². The van der Waals surface area contributed by atoms with E-state index in [2.05, 4.69) is 4.98 Å². The maximum Gasteiger partial charge on any atom is 0.180 e. The van der Waals surface area contributed by atoms with Gasteiger partial charge in [-0.15, -0.1) is 0 Å². The van der Waals surface area contributed by atoms with Crippen LogP contribution in [0.2, 0.25) is 0 Å². The van der Waals surface area contributed by atoms with E-state index in [1.165, 1.54) is 0 Å². The molecule has 3 N–H and O–H groups in total. The Morgan fingerprint density at radius 1 is 1.26 bits per heavy atom. The van der Waals surface area contributed by atoms with E-state index >= 15 is 0 Å². The molecule has 0 radical (unpaired) electrons. The highest BCUT2D eigenvalue weighted by Gasteiger charge is 2.34. The van der Waals surface area contributed by atoms with Crippen molar-refractivity contribution in [3.05, 3.63) is 57.1 Å². The first-order chi connectivity index (χ1) is 11.1. The molecule has 1 aromatic heterocycles. The summed E-state index contributed by atoms with van der Waals surface area (Å²) in [6.45, 7) is -0.218. The van der Waals surface area contributed by atoms with Crippen molar-refractivity contribution in [2.24, 2.45) is 0 Å². The number of hydrogen-bond acceptors (Lipinski definition) is 5. The monoisotopic (exact) mass is 350 g/mol. The van der Waals surface area contributed by atoms with Crippen LogP contribution in [0.4, 0.5) is 0 Å². The molecule has 0 amide bonds. The van der Waals surface area contributed by atoms with Gasteiger partial charge in [-0.25, -0.2) is 0 Å². The number of aromatic nitrogens is 2. The van der Waals surface area contributed by atoms with Crippen molar-refractivity contribution in [3.8, 4) is 0 Å². The molecule has 3 atom stereocenters. The van der Waals surface area contributed by atoms with Gasteiger partial charge in [-0.1, -0.05) is 42.5 Å². The molecule has 0 unspecified atom stereocenters. The Labute approximate surface area is 144 Å². The van der Waals surface area contributed by atoms with Crippen LogP contribution >= 0.6 is 24.4 Å². The van der Waals surface area contributed by atoms with E-state index in [-0.39, 0.29) is 6.61 Å². The van der Waals surface area contributed by atoms with Gasteiger partial charge in [0, 0.05) is 24.6 Å². The van der Waals surface area contributed by atoms with Crippen LogP contribution in [0, 0.1) is 9.41 Å². The molecule has 5 nitrogen and oxygen atoms in total. The van der Waals surface area contributed by atoms with Gasteiger partial charge in [0.1, 0.15) is 17.0 Å². The van der Waals surface area contributed by atoms with Crippen molar-refractivity contribution in [1.82, 2.24) is 9.55 Å². The lowest BCUT2D eigenvalue weighted by Crippen LogP contribution is -2.24. The average molecular weight is 350 g/mol. The molecule has 0 bridgehead atoms. The van der Waals surface area contributed by atoms with E-state index in [4.69, 9.17) is 29.2 Å². The summed E-state index contributed by atoms with van der Waals surface area (Å²) in [4.78, 5) is 3.02. The smallest absolute Gasteiger partial charge is 0.180 e. The number of nitrogens with zero attached hydrogens (tertiary/aromatic N) is 1. The Hall–Kier alpha value is -1.38. The Kier molecular flexibility index (Phi) is 5.03. The summed E-state index contributed by atoms with van der Waals surface area (Å²) >= 11 is 10.7. The molecule has 2 heterocycles. The second kappa shape index (κ2) is 7.02. The Morgan fingerprint density at radius 2 is 2.00 bits per heavy atom. The molecular formula is C16H18N2O3S2. The number of hydrogen-bond donors (Lipinski definition) is 3. The van der Waals surface area contributed by atoms with Crippen LogP contribution < -0.4 is 0 Å². The van der Waals surface area contributed by atoms with E-state index in [1.54, 1.807) is 4.57 Å². The second-order valence-electron chi connectivity index (χ2n) is 5.60. The number of benzene rings is 1. The maximum atomic E-state index is 9.91. The van der Waals surface area contributed by atoms with Gasteiger partial charge in [0.05, 0.1) is 12.7 Å². The zero-order chi connectivity index (χ0) is 16.4. The third kappa shape index (κ3) is 3.59. The molecule has 3 rings (SSSR count). The van der Waals surface area contributed by atoms with E-state index in [0.29, 0.717) is 22.3 Å². The Balaban J connectivity index is 1.92. The summed E-state index contributed by atoms with van der Waals surface area (Å²) in [7, 11) is 0. The van der Waals surface area contributed by atoms with Crippen molar-refractivity contribution in [2.75, 3.05) is 6.61 Å². The Morgan fingerprint density at radius 3 is 2.65 bits per heavy atom. The number of rotatable bonds is 4. The first-order valence-corrected chi connectivity index (χ1v) is 8.23. The topological polar surface area (TPSA) is 70.4 Å². The molecule has 1 fully saturated rings. The van der Waals surface area contributed by atoms with Crippen LogP contribution in [0.5, 0.6) is 0 Å². The van der Waals surface area contributed by atoms with Crippen molar-refractivity contribution in [2.45, 2.75) is 31.3 Å². The molecule has 0 spiro atoms. The van der Waals surface area contributed by atoms with Crippen LogP contribution in [-0.2, 0) is 11.2 Å². The van der Waals surface area contributed by atoms with E-state index in [0.717, 1.165) is 11.1 Å². The van der Waals surface area contributed by atoms with E-state index < -0.39 is 18.4 Å². The van der Waals surface area contributed by atoms with Gasteiger partial charge < -0.3 is 19.9 Å². The molecule has 0 aliphatic carbocycles. The van der Waals surface area contributed by atoms with Gasteiger partial charge in [-0.3, -0.25) is 4.57 Å². The van der Waals surface area contributed by atoms with Crippen LogP contribution in [0.3, 0.4) is 0 Å². The standard InChI is InChI=1S/C16H18N2O3S2/c19-9-13-12(20)7-14(21-13)18-8-11(15(22)17-16(18)23)6-10-4-2-1-3-5-10/h1-5,8,12-14,19-20H,6-7,9H2,(H,17,22,23)/t12-,13+,14-/m1/s1. The number of aromatic amines is 1. The van der Waals surface area contributed by atoms with Crippen molar-refractivity contribution in [3.63, 3.8) is 0 Å². The molecule has 1 aliphatic rings. The summed E-state index contributed by atoms with van der Waals surface area (Å²) in [5, 5.41) is 19.1. The van der Waals surface area contributed by atoms with Gasteiger partial charge in [-0.2, -0.15) is 0 Å². The summed E-state index contributed by atoms with van der Waals surface area (Å²) < 4.78 is 8.49. The summed E-state index contributed by atoms with van der Waals surface area (Å²) in [5.74, 6) is 0. The Bertz CT molecular complexity index is 788. The van der Waals surface area contributed by atoms with Crippen molar-refractivity contribution >= 4 is 24.4 Å². The molecule has 23 heavy (non-hydrogen) atoms. The lowest BCUT2D eigenvalue weighted by atomic mass is 10.1. The number of ether oxygens (including phenoxy) is 1. The highest BCUT2D eigenvalue weighted by molar-refractivity contribution is 7.72. The minimum atomic E-state index is -0.701. The second-order valence-corrected chi connectivity index (χ2v) is 6.39. The number of nitrogens with one attached hydrogen (secondary N) is 1. The lowest BCUT2D eigenvalue weighted by Gasteiger charge is -2.17. The first kappa shape index (κ1) is 16.5. The highest BCUT2D eigenvalue weighted by Crippen LogP contribution is 2.29. The zero-order valence-corrected chi connectivity index (χ0v) is 14.0. The summed E-state index contributed by atoms with van der Waals surface area (Å²) in [5.41, 5.74) is 2.08. The third-order valence-corrected chi connectivity index (χ3v) is 4.65. The number of H-pyrrole nitrogens is 1. The fourth-order valence-corrected chi connectivity index (χ4v) is 3.29. The highest BCUT2D eigenvalue weighted by atomic mass is 32.1. The van der Waals surface area contributed by atoms with Crippen LogP contribution in [0.1, 0.15) is 23.8 Å². The molecule has 2 aromatic rings. The molecular weight excluding hydrogens is 332 g/mol. The quantitative estimate of drug-likeness (QED) is 0.739. The van der Waals surface area contributed by atoms with Crippen LogP contribution in [0.15, 0.2) is 36.5 Å². The molecule has 1 aromatic carbocycles. The third-order valence-electron chi connectivity index (χ3n) is 3.97. The summed E-state index contributed by atoms with van der Waals surface area (Å²) in [6.07, 6.45) is 1.26. The molecule has 122 valence electrons. The minimum Gasteiger partial charge on any atom is -0.394 e. The lowest BCUT2D eigenvalue weighted by molar-refractivity contribution is -0.0453. The largest absolute Gasteiger partial charge is 0.394 e. The minimum absolute atomic E-state index is 0.218. The van der Waals surface area contributed by atoms with E-state index in [1.807, 2.05) is 36.5 Å². The number of aliphatic hydroxyl groups excluding tert-OH is 2. The predicted molar refractivity (Wildman–Crippen MR) is 91.3 cm³/mol. The van der Waals surface area contributed by atoms with E-state index in [9.17, 15) is 10.2 Å².